The summed E-state index contributed by atoms with van der Waals surface area (Å²) in [4.78, 5) is 3.91. The first kappa shape index (κ1) is 9.52. The van der Waals surface area contributed by atoms with Crippen LogP contribution in [0, 0.1) is 6.92 Å². The summed E-state index contributed by atoms with van der Waals surface area (Å²) in [6.07, 6.45) is 1.65. The van der Waals surface area contributed by atoms with E-state index in [9.17, 15) is 5.11 Å². The Morgan fingerprint density at radius 2 is 1.80 bits per heavy atom. The number of rotatable bonds is 1. The van der Waals surface area contributed by atoms with Gasteiger partial charge in [0.05, 0.1) is 0 Å². The zero-order valence-corrected chi connectivity index (χ0v) is 8.44. The molecule has 0 spiro atoms. The van der Waals surface area contributed by atoms with Crippen molar-refractivity contribution in [2.24, 2.45) is 0 Å². The lowest BCUT2D eigenvalue weighted by Crippen LogP contribution is -1.90. The SMILES string of the molecule is Cc1ccc(-c2cnc(N)c(O)c2)cc1. The zero-order valence-electron chi connectivity index (χ0n) is 8.44. The second-order valence-corrected chi connectivity index (χ2v) is 3.49. The van der Waals surface area contributed by atoms with E-state index in [1.165, 1.54) is 5.56 Å². The van der Waals surface area contributed by atoms with Gasteiger partial charge in [-0.2, -0.15) is 0 Å². The van der Waals surface area contributed by atoms with Crippen molar-refractivity contribution in [3.63, 3.8) is 0 Å². The summed E-state index contributed by atoms with van der Waals surface area (Å²) in [6.45, 7) is 2.03. The average molecular weight is 200 g/mol. The van der Waals surface area contributed by atoms with Gasteiger partial charge in [0.2, 0.25) is 0 Å². The second kappa shape index (κ2) is 3.61. The molecule has 1 aromatic heterocycles. The standard InChI is InChI=1S/C12H12N2O/c1-8-2-4-9(5-3-8)10-6-11(15)12(13)14-7-10/h2-7,15H,1H3,(H2,13,14). The molecule has 3 N–H and O–H groups in total. The molecule has 0 unspecified atom stereocenters. The largest absolute Gasteiger partial charge is 0.504 e. The topological polar surface area (TPSA) is 59.1 Å². The van der Waals surface area contributed by atoms with Crippen molar-refractivity contribution in [1.82, 2.24) is 4.98 Å². The number of nitrogens with two attached hydrogens (primary N) is 1. The number of hydrogen-bond donors (Lipinski definition) is 2. The number of aryl methyl sites for hydroxylation is 1. The molecule has 0 aliphatic heterocycles. The molecule has 0 saturated carbocycles. The molecule has 0 radical (unpaired) electrons. The molecule has 0 bridgehead atoms. The molecule has 0 aliphatic rings. The summed E-state index contributed by atoms with van der Waals surface area (Å²) in [5.74, 6) is 0.180. The molecule has 0 atom stereocenters. The molecule has 0 saturated heterocycles. The number of pyridine rings is 1. The van der Waals surface area contributed by atoms with Crippen molar-refractivity contribution in [3.05, 3.63) is 42.1 Å². The molecule has 0 aliphatic carbocycles. The number of nitrogen functional groups attached to an aromatic ring is 1. The first-order valence-electron chi connectivity index (χ1n) is 4.68. The smallest absolute Gasteiger partial charge is 0.165 e. The van der Waals surface area contributed by atoms with Crippen LogP contribution >= 0.6 is 0 Å². The van der Waals surface area contributed by atoms with Gasteiger partial charge in [-0.25, -0.2) is 4.98 Å². The highest BCUT2D eigenvalue weighted by Crippen LogP contribution is 2.25. The van der Waals surface area contributed by atoms with Crippen LogP contribution < -0.4 is 5.73 Å². The molecule has 3 nitrogen and oxygen atoms in total. The summed E-state index contributed by atoms with van der Waals surface area (Å²) in [5, 5.41) is 9.43. The van der Waals surface area contributed by atoms with Gasteiger partial charge in [-0.05, 0) is 18.6 Å². The predicted octanol–water partition coefficient (Wildman–Crippen LogP) is 2.34. The summed E-state index contributed by atoms with van der Waals surface area (Å²) in [5.41, 5.74) is 8.51. The van der Waals surface area contributed by atoms with E-state index in [4.69, 9.17) is 5.73 Å². The number of nitrogens with zero attached hydrogens (tertiary/aromatic N) is 1. The Kier molecular flexibility index (Phi) is 2.29. The minimum Gasteiger partial charge on any atom is -0.504 e. The van der Waals surface area contributed by atoms with E-state index in [0.717, 1.165) is 11.1 Å². The maximum absolute atomic E-state index is 9.43. The van der Waals surface area contributed by atoms with Crippen molar-refractivity contribution in [2.75, 3.05) is 5.73 Å². The Bertz CT molecular complexity index is 477. The monoisotopic (exact) mass is 200 g/mol. The molecule has 1 heterocycles. The van der Waals surface area contributed by atoms with Crippen molar-refractivity contribution in [3.8, 4) is 16.9 Å². The van der Waals surface area contributed by atoms with Gasteiger partial charge >= 0.3 is 0 Å². The number of benzene rings is 1. The molecule has 0 fully saturated rings. The molecule has 3 heteroatoms. The van der Waals surface area contributed by atoms with E-state index in [-0.39, 0.29) is 11.6 Å². The predicted molar refractivity (Wildman–Crippen MR) is 60.5 cm³/mol. The van der Waals surface area contributed by atoms with Crippen LogP contribution in [0.15, 0.2) is 36.5 Å². The van der Waals surface area contributed by atoms with E-state index in [0.29, 0.717) is 0 Å². The summed E-state index contributed by atoms with van der Waals surface area (Å²) in [6, 6.07) is 9.63. The van der Waals surface area contributed by atoms with Crippen LogP contribution in [0.2, 0.25) is 0 Å². The highest BCUT2D eigenvalue weighted by Gasteiger charge is 2.02. The molecule has 1 aromatic carbocycles. The van der Waals surface area contributed by atoms with E-state index in [1.807, 2.05) is 31.2 Å². The van der Waals surface area contributed by atoms with Crippen LogP contribution in [0.25, 0.3) is 11.1 Å². The third-order valence-corrected chi connectivity index (χ3v) is 2.28. The maximum atomic E-state index is 9.43. The number of hydrogen-bond acceptors (Lipinski definition) is 3. The third-order valence-electron chi connectivity index (χ3n) is 2.28. The third kappa shape index (κ3) is 1.91. The summed E-state index contributed by atoms with van der Waals surface area (Å²) < 4.78 is 0. The molecule has 2 rings (SSSR count). The van der Waals surface area contributed by atoms with E-state index >= 15 is 0 Å². The van der Waals surface area contributed by atoms with Crippen molar-refractivity contribution in [2.45, 2.75) is 6.92 Å². The summed E-state index contributed by atoms with van der Waals surface area (Å²) in [7, 11) is 0. The van der Waals surface area contributed by atoms with E-state index in [2.05, 4.69) is 4.98 Å². The fourth-order valence-electron chi connectivity index (χ4n) is 1.37. The molecular weight excluding hydrogens is 188 g/mol. The maximum Gasteiger partial charge on any atom is 0.165 e. The number of anilines is 1. The Balaban J connectivity index is 2.45. The summed E-state index contributed by atoms with van der Waals surface area (Å²) >= 11 is 0. The van der Waals surface area contributed by atoms with Gasteiger partial charge in [0.1, 0.15) is 0 Å². The van der Waals surface area contributed by atoms with Gasteiger partial charge in [0.15, 0.2) is 11.6 Å². The van der Waals surface area contributed by atoms with Crippen LogP contribution in [0.5, 0.6) is 5.75 Å². The normalized spacial score (nSPS) is 10.2. The van der Waals surface area contributed by atoms with Crippen LogP contribution in [-0.4, -0.2) is 10.1 Å². The van der Waals surface area contributed by atoms with Gasteiger partial charge in [0, 0.05) is 11.8 Å². The molecule has 2 aromatic rings. The number of aromatic nitrogens is 1. The number of aromatic hydroxyl groups is 1. The first-order valence-corrected chi connectivity index (χ1v) is 4.68. The van der Waals surface area contributed by atoms with Crippen LogP contribution in [-0.2, 0) is 0 Å². The Hall–Kier alpha value is -2.03. The Morgan fingerprint density at radius 1 is 1.13 bits per heavy atom. The lowest BCUT2D eigenvalue weighted by atomic mass is 10.1. The second-order valence-electron chi connectivity index (χ2n) is 3.49. The van der Waals surface area contributed by atoms with Crippen molar-refractivity contribution < 1.29 is 5.11 Å². The first-order chi connectivity index (χ1) is 7.16. The highest BCUT2D eigenvalue weighted by molar-refractivity contribution is 5.66. The van der Waals surface area contributed by atoms with Crippen molar-refractivity contribution >= 4 is 5.82 Å². The zero-order chi connectivity index (χ0) is 10.8. The van der Waals surface area contributed by atoms with Gasteiger partial charge < -0.3 is 10.8 Å². The van der Waals surface area contributed by atoms with Gasteiger partial charge in [0.25, 0.3) is 0 Å². The molecular formula is C12H12N2O. The van der Waals surface area contributed by atoms with Crippen LogP contribution in [0.4, 0.5) is 5.82 Å². The molecule has 15 heavy (non-hydrogen) atoms. The Morgan fingerprint density at radius 3 is 2.40 bits per heavy atom. The molecule has 0 amide bonds. The average Bonchev–Trinajstić information content (AvgIpc) is 2.23. The lowest BCUT2D eigenvalue weighted by Gasteiger charge is -2.03. The fraction of sp³-hybridized carbons (Fsp3) is 0.0833. The van der Waals surface area contributed by atoms with E-state index in [1.54, 1.807) is 12.3 Å². The molecule has 76 valence electrons. The Labute approximate surface area is 88.2 Å². The minimum absolute atomic E-state index is 0.0214. The van der Waals surface area contributed by atoms with Gasteiger partial charge in [-0.1, -0.05) is 29.8 Å². The van der Waals surface area contributed by atoms with Crippen LogP contribution in [0.1, 0.15) is 5.56 Å². The quantitative estimate of drug-likeness (QED) is 0.742. The lowest BCUT2D eigenvalue weighted by molar-refractivity contribution is 0.476. The van der Waals surface area contributed by atoms with Gasteiger partial charge in [-0.3, -0.25) is 0 Å². The highest BCUT2D eigenvalue weighted by atomic mass is 16.3. The van der Waals surface area contributed by atoms with Crippen molar-refractivity contribution in [1.29, 1.82) is 0 Å². The van der Waals surface area contributed by atoms with Gasteiger partial charge in [-0.15, -0.1) is 0 Å². The van der Waals surface area contributed by atoms with E-state index < -0.39 is 0 Å². The minimum atomic E-state index is 0.0214. The van der Waals surface area contributed by atoms with Crippen LogP contribution in [0.3, 0.4) is 0 Å². The fourth-order valence-corrected chi connectivity index (χ4v) is 1.37.